The van der Waals surface area contributed by atoms with E-state index >= 15 is 0 Å². The van der Waals surface area contributed by atoms with Crippen molar-refractivity contribution in [1.29, 1.82) is 0 Å². The first-order valence-electron chi connectivity index (χ1n) is 6.71. The lowest BCUT2D eigenvalue weighted by molar-refractivity contribution is 0.160. The van der Waals surface area contributed by atoms with E-state index in [1.165, 1.54) is 17.4 Å². The molecule has 3 rings (SSSR count). The van der Waals surface area contributed by atoms with Gasteiger partial charge in [0.1, 0.15) is 10.8 Å². The van der Waals surface area contributed by atoms with Crippen molar-refractivity contribution in [1.82, 2.24) is 4.98 Å². The Kier molecular flexibility index (Phi) is 3.48. The molecule has 2 aromatic rings. The minimum Gasteiger partial charge on any atom is -0.388 e. The van der Waals surface area contributed by atoms with Crippen LogP contribution in [0.1, 0.15) is 29.5 Å². The van der Waals surface area contributed by atoms with Crippen LogP contribution in [0.25, 0.3) is 10.6 Å². The second kappa shape index (κ2) is 5.14. The molecule has 0 spiro atoms. The van der Waals surface area contributed by atoms with Crippen molar-refractivity contribution in [3.63, 3.8) is 0 Å². The van der Waals surface area contributed by atoms with E-state index in [1.54, 1.807) is 11.0 Å². The Labute approximate surface area is 121 Å². The lowest BCUT2D eigenvalue weighted by atomic mass is 10.0. The summed E-state index contributed by atoms with van der Waals surface area (Å²) in [5.41, 5.74) is 2.32. The van der Waals surface area contributed by atoms with Gasteiger partial charge in [0.2, 0.25) is 0 Å². The second-order valence-electron chi connectivity index (χ2n) is 5.30. The minimum absolute atomic E-state index is 0.249. The smallest absolute Gasteiger partial charge is 0.147 e. The first-order chi connectivity index (χ1) is 9.56. The van der Waals surface area contributed by atoms with E-state index in [-0.39, 0.29) is 5.82 Å². The van der Waals surface area contributed by atoms with Crippen molar-refractivity contribution in [2.45, 2.75) is 25.4 Å². The SMILES string of the molecule is CN(C)c1ccc(-c2nc3c(s2)C(O)CCC3)cc1F. The van der Waals surface area contributed by atoms with Crippen molar-refractivity contribution in [3.8, 4) is 10.6 Å². The molecule has 1 aromatic heterocycles. The molecule has 1 aliphatic carbocycles. The van der Waals surface area contributed by atoms with Gasteiger partial charge in [-0.15, -0.1) is 11.3 Å². The van der Waals surface area contributed by atoms with E-state index in [2.05, 4.69) is 4.98 Å². The summed E-state index contributed by atoms with van der Waals surface area (Å²) < 4.78 is 14.0. The molecule has 3 nitrogen and oxygen atoms in total. The van der Waals surface area contributed by atoms with Crippen LogP contribution in [0, 0.1) is 5.82 Å². The highest BCUT2D eigenvalue weighted by atomic mass is 32.1. The first kappa shape index (κ1) is 13.5. The summed E-state index contributed by atoms with van der Waals surface area (Å²) in [7, 11) is 3.63. The van der Waals surface area contributed by atoms with Gasteiger partial charge in [0, 0.05) is 19.7 Å². The van der Waals surface area contributed by atoms with Crippen LogP contribution in [-0.2, 0) is 6.42 Å². The van der Waals surface area contributed by atoms with Gasteiger partial charge < -0.3 is 10.0 Å². The van der Waals surface area contributed by atoms with Crippen molar-refractivity contribution in [2.24, 2.45) is 0 Å². The van der Waals surface area contributed by atoms with Crippen molar-refractivity contribution >= 4 is 17.0 Å². The minimum atomic E-state index is -0.407. The van der Waals surface area contributed by atoms with Gasteiger partial charge in [-0.2, -0.15) is 0 Å². The van der Waals surface area contributed by atoms with Crippen LogP contribution >= 0.6 is 11.3 Å². The van der Waals surface area contributed by atoms with Gasteiger partial charge >= 0.3 is 0 Å². The molecular formula is C15H17FN2OS. The Balaban J connectivity index is 1.99. The third-order valence-electron chi connectivity index (χ3n) is 3.60. The van der Waals surface area contributed by atoms with Crippen LogP contribution in [-0.4, -0.2) is 24.2 Å². The zero-order valence-corrected chi connectivity index (χ0v) is 12.4. The van der Waals surface area contributed by atoms with Gasteiger partial charge in [-0.1, -0.05) is 0 Å². The van der Waals surface area contributed by atoms with Crippen LogP contribution in [0.15, 0.2) is 18.2 Å². The summed E-state index contributed by atoms with van der Waals surface area (Å²) in [6, 6.07) is 5.17. The molecule has 0 saturated carbocycles. The monoisotopic (exact) mass is 292 g/mol. The van der Waals surface area contributed by atoms with E-state index in [4.69, 9.17) is 0 Å². The van der Waals surface area contributed by atoms with Gasteiger partial charge in [-0.25, -0.2) is 9.37 Å². The third-order valence-corrected chi connectivity index (χ3v) is 4.85. The van der Waals surface area contributed by atoms with E-state index in [0.29, 0.717) is 5.69 Å². The predicted molar refractivity (Wildman–Crippen MR) is 79.7 cm³/mol. The van der Waals surface area contributed by atoms with Gasteiger partial charge in [0.15, 0.2) is 0 Å². The highest BCUT2D eigenvalue weighted by Crippen LogP contribution is 2.38. The highest BCUT2D eigenvalue weighted by Gasteiger charge is 2.23. The van der Waals surface area contributed by atoms with E-state index in [9.17, 15) is 9.50 Å². The average Bonchev–Trinajstić information content (AvgIpc) is 2.83. The maximum atomic E-state index is 14.0. The summed E-state index contributed by atoms with van der Waals surface area (Å²) in [5.74, 6) is -0.249. The molecule has 1 heterocycles. The van der Waals surface area contributed by atoms with E-state index < -0.39 is 6.10 Å². The molecule has 1 aliphatic rings. The molecule has 0 saturated heterocycles. The Morgan fingerprint density at radius 2 is 2.20 bits per heavy atom. The number of thiazole rings is 1. The third kappa shape index (κ3) is 2.31. The number of aliphatic hydroxyl groups is 1. The van der Waals surface area contributed by atoms with Gasteiger partial charge in [0.25, 0.3) is 0 Å². The molecule has 5 heteroatoms. The largest absolute Gasteiger partial charge is 0.388 e. The Hall–Kier alpha value is -1.46. The van der Waals surface area contributed by atoms with Gasteiger partial charge in [0.05, 0.1) is 22.4 Å². The van der Waals surface area contributed by atoms with Crippen LogP contribution in [0.4, 0.5) is 10.1 Å². The molecule has 106 valence electrons. The molecule has 1 N–H and O–H groups in total. The molecule has 0 aliphatic heterocycles. The lowest BCUT2D eigenvalue weighted by Crippen LogP contribution is -2.10. The van der Waals surface area contributed by atoms with Crippen molar-refractivity contribution in [3.05, 3.63) is 34.6 Å². The molecule has 0 radical (unpaired) electrons. The molecular weight excluding hydrogens is 275 g/mol. The fraction of sp³-hybridized carbons (Fsp3) is 0.400. The van der Waals surface area contributed by atoms with Crippen molar-refractivity contribution < 1.29 is 9.50 Å². The summed E-state index contributed by atoms with van der Waals surface area (Å²) in [6.07, 6.45) is 2.26. The summed E-state index contributed by atoms with van der Waals surface area (Å²) in [5, 5.41) is 10.8. The van der Waals surface area contributed by atoms with Crippen LogP contribution in [0.5, 0.6) is 0 Å². The zero-order valence-electron chi connectivity index (χ0n) is 11.6. The molecule has 0 fully saturated rings. The van der Waals surface area contributed by atoms with Gasteiger partial charge in [-0.05, 0) is 37.5 Å². The summed E-state index contributed by atoms with van der Waals surface area (Å²) in [6.45, 7) is 0. The molecule has 0 bridgehead atoms. The molecule has 1 aromatic carbocycles. The quantitative estimate of drug-likeness (QED) is 0.922. The topological polar surface area (TPSA) is 36.4 Å². The molecule has 1 atom stereocenters. The molecule has 1 unspecified atom stereocenters. The number of aliphatic hydroxyl groups excluding tert-OH is 1. The number of benzene rings is 1. The number of anilines is 1. The van der Waals surface area contributed by atoms with Crippen LogP contribution < -0.4 is 4.90 Å². The van der Waals surface area contributed by atoms with Crippen LogP contribution in [0.3, 0.4) is 0 Å². The highest BCUT2D eigenvalue weighted by molar-refractivity contribution is 7.15. The molecule has 0 amide bonds. The number of rotatable bonds is 2. The molecule has 20 heavy (non-hydrogen) atoms. The number of halogens is 1. The van der Waals surface area contributed by atoms with E-state index in [0.717, 1.165) is 40.4 Å². The zero-order chi connectivity index (χ0) is 14.3. The van der Waals surface area contributed by atoms with E-state index in [1.807, 2.05) is 20.2 Å². The number of hydrogen-bond donors (Lipinski definition) is 1. The summed E-state index contributed by atoms with van der Waals surface area (Å²) in [4.78, 5) is 7.26. The summed E-state index contributed by atoms with van der Waals surface area (Å²) >= 11 is 1.48. The maximum Gasteiger partial charge on any atom is 0.147 e. The Morgan fingerprint density at radius 1 is 1.40 bits per heavy atom. The number of fused-ring (bicyclic) bond motifs is 1. The lowest BCUT2D eigenvalue weighted by Gasteiger charge is -2.14. The predicted octanol–water partition coefficient (Wildman–Crippen LogP) is 3.38. The average molecular weight is 292 g/mol. The van der Waals surface area contributed by atoms with Crippen molar-refractivity contribution in [2.75, 3.05) is 19.0 Å². The second-order valence-corrected chi connectivity index (χ2v) is 6.33. The number of hydrogen-bond acceptors (Lipinski definition) is 4. The Bertz CT molecular complexity index is 639. The standard InChI is InChI=1S/C15H17FN2OS/c1-18(2)12-7-6-9(8-10(12)16)15-17-11-4-3-5-13(19)14(11)20-15/h6-8,13,19H,3-5H2,1-2H3. The number of nitrogens with zero attached hydrogens (tertiary/aromatic N) is 2. The fourth-order valence-corrected chi connectivity index (χ4v) is 3.65. The number of aryl methyl sites for hydroxylation is 1. The van der Waals surface area contributed by atoms with Crippen LogP contribution in [0.2, 0.25) is 0 Å². The van der Waals surface area contributed by atoms with Gasteiger partial charge in [-0.3, -0.25) is 0 Å². The maximum absolute atomic E-state index is 14.0. The Morgan fingerprint density at radius 3 is 2.85 bits per heavy atom. The fourth-order valence-electron chi connectivity index (χ4n) is 2.52. The number of aromatic nitrogens is 1. The first-order valence-corrected chi connectivity index (χ1v) is 7.53. The normalized spacial score (nSPS) is 17.9.